The van der Waals surface area contributed by atoms with Crippen LogP contribution in [0.2, 0.25) is 0 Å². The van der Waals surface area contributed by atoms with Crippen molar-refractivity contribution >= 4 is 23.1 Å². The summed E-state index contributed by atoms with van der Waals surface area (Å²) >= 11 is 1.46. The number of aromatic nitrogens is 2. The number of aryl methyl sites for hydroxylation is 1. The molecule has 0 fully saturated rings. The van der Waals surface area contributed by atoms with E-state index in [1.54, 1.807) is 42.6 Å². The minimum atomic E-state index is -0.362. The topological polar surface area (TPSA) is 46.1 Å². The molecule has 0 aliphatic carbocycles. The number of nitrogens with zero attached hydrogens (tertiary/aromatic N) is 3. The van der Waals surface area contributed by atoms with E-state index in [2.05, 4.69) is 9.97 Å². The summed E-state index contributed by atoms with van der Waals surface area (Å²) in [6.45, 7) is 1.93. The molecule has 0 bridgehead atoms. The molecule has 4 nitrogen and oxygen atoms in total. The Morgan fingerprint density at radius 2 is 1.72 bits per heavy atom. The molecule has 0 atom stereocenters. The SMILES string of the molecule is Cc1nc(C(=O)N(Cc2ccccc2F)c2ccccn2)c(-c2ccccc2)s1. The average Bonchev–Trinajstić information content (AvgIpc) is 3.16. The molecule has 1 amide bonds. The average molecular weight is 403 g/mol. The van der Waals surface area contributed by atoms with Gasteiger partial charge in [-0.1, -0.05) is 54.6 Å². The number of hydrogen-bond donors (Lipinski definition) is 0. The summed E-state index contributed by atoms with van der Waals surface area (Å²) < 4.78 is 14.3. The lowest BCUT2D eigenvalue weighted by molar-refractivity contribution is 0.0980. The number of benzene rings is 2. The van der Waals surface area contributed by atoms with E-state index in [-0.39, 0.29) is 18.3 Å². The maximum Gasteiger partial charge on any atom is 0.279 e. The fourth-order valence-electron chi connectivity index (χ4n) is 3.05. The number of anilines is 1. The van der Waals surface area contributed by atoms with Crippen LogP contribution < -0.4 is 4.90 Å². The molecule has 4 rings (SSSR count). The lowest BCUT2D eigenvalue weighted by Gasteiger charge is -2.22. The molecule has 0 saturated carbocycles. The van der Waals surface area contributed by atoms with Gasteiger partial charge in [0.1, 0.15) is 17.3 Å². The summed E-state index contributed by atoms with van der Waals surface area (Å²) in [7, 11) is 0. The molecule has 2 heterocycles. The normalized spacial score (nSPS) is 10.7. The fraction of sp³-hybridized carbons (Fsp3) is 0.0870. The van der Waals surface area contributed by atoms with Crippen LogP contribution in [0.1, 0.15) is 21.1 Å². The molecule has 2 aromatic carbocycles. The van der Waals surface area contributed by atoms with Crippen LogP contribution in [0.4, 0.5) is 10.2 Å². The van der Waals surface area contributed by atoms with Crippen molar-refractivity contribution < 1.29 is 9.18 Å². The van der Waals surface area contributed by atoms with Gasteiger partial charge in [-0.05, 0) is 30.7 Å². The molecule has 0 radical (unpaired) electrons. The summed E-state index contributed by atoms with van der Waals surface area (Å²) in [6.07, 6.45) is 1.61. The molecule has 0 N–H and O–H groups in total. The number of carbonyl (C=O) groups excluding carboxylic acids is 1. The van der Waals surface area contributed by atoms with E-state index in [9.17, 15) is 9.18 Å². The number of pyridine rings is 1. The van der Waals surface area contributed by atoms with Gasteiger partial charge in [-0.15, -0.1) is 11.3 Å². The smallest absolute Gasteiger partial charge is 0.279 e. The number of amides is 1. The Kier molecular flexibility index (Phi) is 5.44. The number of carbonyl (C=O) groups is 1. The Bertz CT molecular complexity index is 1130. The molecule has 0 aliphatic rings. The van der Waals surface area contributed by atoms with E-state index in [4.69, 9.17) is 0 Å². The highest BCUT2D eigenvalue weighted by Gasteiger charge is 2.26. The first-order chi connectivity index (χ1) is 14.1. The zero-order valence-corrected chi connectivity index (χ0v) is 16.6. The Morgan fingerprint density at radius 1 is 1.00 bits per heavy atom. The second-order valence-corrected chi connectivity index (χ2v) is 7.65. The first-order valence-corrected chi connectivity index (χ1v) is 9.94. The van der Waals surface area contributed by atoms with E-state index < -0.39 is 0 Å². The Labute approximate surface area is 172 Å². The number of rotatable bonds is 5. The lowest BCUT2D eigenvalue weighted by Crippen LogP contribution is -2.32. The van der Waals surface area contributed by atoms with Crippen molar-refractivity contribution in [1.29, 1.82) is 0 Å². The van der Waals surface area contributed by atoms with Gasteiger partial charge in [-0.2, -0.15) is 0 Å². The maximum atomic E-state index is 14.3. The quantitative estimate of drug-likeness (QED) is 0.442. The summed E-state index contributed by atoms with van der Waals surface area (Å²) in [5, 5.41) is 0.791. The molecule has 144 valence electrons. The van der Waals surface area contributed by atoms with Gasteiger partial charge in [0, 0.05) is 11.8 Å². The zero-order chi connectivity index (χ0) is 20.2. The highest BCUT2D eigenvalue weighted by molar-refractivity contribution is 7.15. The van der Waals surface area contributed by atoms with Gasteiger partial charge in [0.25, 0.3) is 5.91 Å². The van der Waals surface area contributed by atoms with Crippen molar-refractivity contribution in [2.24, 2.45) is 0 Å². The van der Waals surface area contributed by atoms with Gasteiger partial charge in [0.05, 0.1) is 16.4 Å². The van der Waals surface area contributed by atoms with E-state index in [0.717, 1.165) is 15.4 Å². The van der Waals surface area contributed by atoms with Crippen LogP contribution in [0.3, 0.4) is 0 Å². The van der Waals surface area contributed by atoms with E-state index in [1.165, 1.54) is 22.3 Å². The van der Waals surface area contributed by atoms with Crippen LogP contribution >= 0.6 is 11.3 Å². The molecule has 0 saturated heterocycles. The standard InChI is InChI=1S/C23H18FN3OS/c1-16-26-21(22(29-16)17-9-3-2-4-10-17)23(28)27(20-13-7-8-14-25-20)15-18-11-5-6-12-19(18)24/h2-14H,15H2,1H3. The largest absolute Gasteiger partial charge is 0.287 e. The van der Waals surface area contributed by atoms with Crippen LogP contribution in [0, 0.1) is 12.7 Å². The molecule has 0 aliphatic heterocycles. The monoisotopic (exact) mass is 403 g/mol. The van der Waals surface area contributed by atoms with Gasteiger partial charge in [0.2, 0.25) is 0 Å². The Hall–Kier alpha value is -3.38. The van der Waals surface area contributed by atoms with Gasteiger partial charge in [0.15, 0.2) is 0 Å². The van der Waals surface area contributed by atoms with Crippen LogP contribution in [0.25, 0.3) is 10.4 Å². The number of hydrogen-bond acceptors (Lipinski definition) is 4. The number of thiazole rings is 1. The summed E-state index contributed by atoms with van der Waals surface area (Å²) in [5.41, 5.74) is 1.69. The van der Waals surface area contributed by atoms with Crippen LogP contribution in [0.5, 0.6) is 0 Å². The highest BCUT2D eigenvalue weighted by atomic mass is 32.1. The Morgan fingerprint density at radius 3 is 2.45 bits per heavy atom. The number of halogens is 1. The third-order valence-corrected chi connectivity index (χ3v) is 5.45. The lowest BCUT2D eigenvalue weighted by atomic mass is 10.1. The molecule has 2 aromatic heterocycles. The molecule has 0 spiro atoms. The van der Waals surface area contributed by atoms with Crippen LogP contribution in [-0.4, -0.2) is 15.9 Å². The van der Waals surface area contributed by atoms with Crippen molar-refractivity contribution in [3.8, 4) is 10.4 Å². The van der Waals surface area contributed by atoms with E-state index in [0.29, 0.717) is 17.1 Å². The van der Waals surface area contributed by atoms with Gasteiger partial charge in [-0.3, -0.25) is 9.69 Å². The predicted octanol–water partition coefficient (Wildman–Crippen LogP) is 5.50. The first-order valence-electron chi connectivity index (χ1n) is 9.12. The van der Waals surface area contributed by atoms with Crippen molar-refractivity contribution in [2.45, 2.75) is 13.5 Å². The molecular weight excluding hydrogens is 385 g/mol. The van der Waals surface area contributed by atoms with Crippen molar-refractivity contribution in [3.63, 3.8) is 0 Å². The highest BCUT2D eigenvalue weighted by Crippen LogP contribution is 2.32. The molecule has 6 heteroatoms. The van der Waals surface area contributed by atoms with Crippen LogP contribution in [0.15, 0.2) is 79.0 Å². The minimum Gasteiger partial charge on any atom is -0.287 e. The second-order valence-electron chi connectivity index (χ2n) is 6.45. The minimum absolute atomic E-state index is 0.0628. The molecule has 4 aromatic rings. The van der Waals surface area contributed by atoms with Gasteiger partial charge < -0.3 is 0 Å². The fourth-order valence-corrected chi connectivity index (χ4v) is 3.97. The second kappa shape index (κ2) is 8.32. The molecule has 0 unspecified atom stereocenters. The summed E-state index contributed by atoms with van der Waals surface area (Å²) in [5.74, 6) is -0.223. The third kappa shape index (κ3) is 4.07. The van der Waals surface area contributed by atoms with E-state index in [1.807, 2.05) is 37.3 Å². The summed E-state index contributed by atoms with van der Waals surface area (Å²) in [4.78, 5) is 24.7. The maximum absolute atomic E-state index is 14.3. The molecule has 29 heavy (non-hydrogen) atoms. The zero-order valence-electron chi connectivity index (χ0n) is 15.7. The van der Waals surface area contributed by atoms with Crippen LogP contribution in [-0.2, 0) is 6.54 Å². The third-order valence-electron chi connectivity index (χ3n) is 4.43. The van der Waals surface area contributed by atoms with Gasteiger partial charge in [-0.25, -0.2) is 14.4 Å². The predicted molar refractivity (Wildman–Crippen MR) is 113 cm³/mol. The van der Waals surface area contributed by atoms with Crippen molar-refractivity contribution in [3.05, 3.63) is 101 Å². The van der Waals surface area contributed by atoms with Gasteiger partial charge >= 0.3 is 0 Å². The van der Waals surface area contributed by atoms with Crippen molar-refractivity contribution in [1.82, 2.24) is 9.97 Å². The molecular formula is C23H18FN3OS. The first kappa shape index (κ1) is 19.0. The Balaban J connectivity index is 1.78. The van der Waals surface area contributed by atoms with E-state index >= 15 is 0 Å². The summed E-state index contributed by atoms with van der Waals surface area (Å²) in [6, 6.07) is 21.4. The van der Waals surface area contributed by atoms with Crippen molar-refractivity contribution in [2.75, 3.05) is 4.90 Å².